The number of anilines is 1. The summed E-state index contributed by atoms with van der Waals surface area (Å²) in [5, 5.41) is 6.31. The van der Waals surface area contributed by atoms with E-state index in [0.717, 1.165) is 11.4 Å². The number of nitrogens with zero attached hydrogens (tertiary/aromatic N) is 3. The van der Waals surface area contributed by atoms with Gasteiger partial charge in [0.05, 0.1) is 11.8 Å². The van der Waals surface area contributed by atoms with E-state index in [1.165, 1.54) is 12.3 Å². The first-order valence-corrected chi connectivity index (χ1v) is 7.96. The molecule has 0 aliphatic carbocycles. The fourth-order valence-electron chi connectivity index (χ4n) is 2.47. The SMILES string of the molecule is O=C(Nc1cc[n+]2[nH]c(-c3ccccc3)nc2c1)c1ccnc(Cl)c1. The maximum atomic E-state index is 12.3. The van der Waals surface area contributed by atoms with Crippen molar-refractivity contribution in [1.82, 2.24) is 15.1 Å². The van der Waals surface area contributed by atoms with E-state index in [9.17, 15) is 4.79 Å². The van der Waals surface area contributed by atoms with Gasteiger partial charge in [-0.3, -0.25) is 4.79 Å². The van der Waals surface area contributed by atoms with Crippen molar-refractivity contribution in [3.8, 4) is 11.4 Å². The Morgan fingerprint density at radius 1 is 1.12 bits per heavy atom. The quantitative estimate of drug-likeness (QED) is 0.440. The third kappa shape index (κ3) is 3.20. The molecule has 0 unspecified atom stereocenters. The van der Waals surface area contributed by atoms with E-state index in [1.54, 1.807) is 22.7 Å². The minimum Gasteiger partial charge on any atom is -0.322 e. The van der Waals surface area contributed by atoms with E-state index in [0.29, 0.717) is 16.9 Å². The highest BCUT2D eigenvalue weighted by molar-refractivity contribution is 6.29. The van der Waals surface area contributed by atoms with Crippen LogP contribution in [0.15, 0.2) is 67.0 Å². The van der Waals surface area contributed by atoms with Crippen LogP contribution in [0.4, 0.5) is 5.69 Å². The number of carbonyl (C=O) groups excluding carboxylic acids is 1. The Morgan fingerprint density at radius 2 is 1.96 bits per heavy atom. The summed E-state index contributed by atoms with van der Waals surface area (Å²) in [7, 11) is 0. The van der Waals surface area contributed by atoms with Gasteiger partial charge in [-0.1, -0.05) is 29.8 Å². The summed E-state index contributed by atoms with van der Waals surface area (Å²) in [4.78, 5) is 20.7. The molecule has 0 saturated carbocycles. The van der Waals surface area contributed by atoms with Gasteiger partial charge >= 0.3 is 5.65 Å². The Kier molecular flexibility index (Phi) is 3.87. The predicted molar refractivity (Wildman–Crippen MR) is 94.4 cm³/mol. The minimum absolute atomic E-state index is 0.257. The number of hydrogen-bond donors (Lipinski definition) is 2. The second-order valence-corrected chi connectivity index (χ2v) is 5.79. The van der Waals surface area contributed by atoms with Gasteiger partial charge in [-0.25, -0.2) is 4.98 Å². The molecule has 6 nitrogen and oxygen atoms in total. The molecule has 0 spiro atoms. The summed E-state index contributed by atoms with van der Waals surface area (Å²) >= 11 is 5.82. The van der Waals surface area contributed by atoms with Crippen molar-refractivity contribution in [2.45, 2.75) is 0 Å². The van der Waals surface area contributed by atoms with Gasteiger partial charge in [-0.05, 0) is 29.2 Å². The molecule has 3 heterocycles. The Balaban J connectivity index is 1.62. The van der Waals surface area contributed by atoms with Crippen LogP contribution in [0.3, 0.4) is 0 Å². The lowest BCUT2D eigenvalue weighted by atomic mass is 10.2. The Bertz CT molecular complexity index is 1060. The first kappa shape index (κ1) is 15.3. The van der Waals surface area contributed by atoms with Gasteiger partial charge in [0.15, 0.2) is 0 Å². The Morgan fingerprint density at radius 3 is 2.76 bits per heavy atom. The average Bonchev–Trinajstić information content (AvgIpc) is 3.06. The van der Waals surface area contributed by atoms with Crippen LogP contribution in [0.2, 0.25) is 5.15 Å². The number of benzene rings is 1. The smallest absolute Gasteiger partial charge is 0.322 e. The van der Waals surface area contributed by atoms with Gasteiger partial charge in [-0.2, -0.15) is 5.10 Å². The van der Waals surface area contributed by atoms with Crippen LogP contribution < -0.4 is 9.83 Å². The van der Waals surface area contributed by atoms with E-state index in [2.05, 4.69) is 20.4 Å². The predicted octanol–water partition coefficient (Wildman–Crippen LogP) is 3.12. The van der Waals surface area contributed by atoms with E-state index in [4.69, 9.17) is 11.6 Å². The van der Waals surface area contributed by atoms with Crippen LogP contribution >= 0.6 is 11.6 Å². The number of hydrogen-bond acceptors (Lipinski definition) is 3. The molecular formula is C18H13ClN5O+. The van der Waals surface area contributed by atoms with Crippen molar-refractivity contribution < 1.29 is 9.31 Å². The highest BCUT2D eigenvalue weighted by atomic mass is 35.5. The molecule has 25 heavy (non-hydrogen) atoms. The van der Waals surface area contributed by atoms with E-state index in [-0.39, 0.29) is 11.1 Å². The van der Waals surface area contributed by atoms with Gasteiger partial charge in [0.2, 0.25) is 0 Å². The third-order valence-electron chi connectivity index (χ3n) is 3.68. The fourth-order valence-corrected chi connectivity index (χ4v) is 2.65. The summed E-state index contributed by atoms with van der Waals surface area (Å²) in [6.45, 7) is 0. The first-order chi connectivity index (χ1) is 12.2. The number of aromatic nitrogens is 4. The molecule has 0 aliphatic heterocycles. The zero-order valence-corrected chi connectivity index (χ0v) is 13.7. The Hall–Kier alpha value is -3.25. The summed E-state index contributed by atoms with van der Waals surface area (Å²) in [6, 6.07) is 16.5. The maximum absolute atomic E-state index is 12.3. The average molecular weight is 351 g/mol. The van der Waals surface area contributed by atoms with Gasteiger partial charge < -0.3 is 5.32 Å². The molecule has 3 aromatic heterocycles. The lowest BCUT2D eigenvalue weighted by Gasteiger charge is -2.03. The number of H-pyrrole nitrogens is 1. The van der Waals surface area contributed by atoms with Crippen LogP contribution in [-0.4, -0.2) is 21.0 Å². The van der Waals surface area contributed by atoms with Crippen molar-refractivity contribution >= 4 is 28.8 Å². The van der Waals surface area contributed by atoms with Gasteiger partial charge in [0.1, 0.15) is 11.3 Å². The molecule has 0 radical (unpaired) electrons. The second kappa shape index (κ2) is 6.33. The monoisotopic (exact) mass is 350 g/mol. The second-order valence-electron chi connectivity index (χ2n) is 5.40. The molecule has 0 bridgehead atoms. The first-order valence-electron chi connectivity index (χ1n) is 7.59. The topological polar surface area (TPSA) is 74.8 Å². The normalized spacial score (nSPS) is 10.8. The third-order valence-corrected chi connectivity index (χ3v) is 3.89. The molecule has 1 amide bonds. The number of fused-ring (bicyclic) bond motifs is 1. The van der Waals surface area contributed by atoms with Crippen molar-refractivity contribution in [2.75, 3.05) is 5.32 Å². The minimum atomic E-state index is -0.257. The number of aromatic amines is 1. The van der Waals surface area contributed by atoms with E-state index < -0.39 is 0 Å². The van der Waals surface area contributed by atoms with Crippen molar-refractivity contribution in [3.05, 3.63) is 77.7 Å². The molecule has 7 heteroatoms. The number of rotatable bonds is 3. The molecule has 0 saturated heterocycles. The molecule has 0 atom stereocenters. The summed E-state index contributed by atoms with van der Waals surface area (Å²) in [6.07, 6.45) is 3.31. The van der Waals surface area contributed by atoms with Crippen molar-refractivity contribution in [2.24, 2.45) is 0 Å². The maximum Gasteiger partial charge on any atom is 0.351 e. The molecule has 2 N–H and O–H groups in total. The zero-order chi connectivity index (χ0) is 17.2. The highest BCUT2D eigenvalue weighted by Gasteiger charge is 2.15. The van der Waals surface area contributed by atoms with Gasteiger partial charge in [0, 0.05) is 23.4 Å². The number of carbonyl (C=O) groups is 1. The molecule has 1 aromatic carbocycles. The Labute approximate surface area is 148 Å². The lowest BCUT2D eigenvalue weighted by molar-refractivity contribution is -0.576. The fraction of sp³-hybridized carbons (Fsp3) is 0. The zero-order valence-electron chi connectivity index (χ0n) is 13.0. The summed E-state index contributed by atoms with van der Waals surface area (Å²) in [5.41, 5.74) is 2.77. The van der Waals surface area contributed by atoms with E-state index >= 15 is 0 Å². The van der Waals surface area contributed by atoms with Gasteiger partial charge in [-0.15, -0.1) is 4.52 Å². The number of halogens is 1. The molecule has 122 valence electrons. The van der Waals surface area contributed by atoms with Crippen LogP contribution in [-0.2, 0) is 0 Å². The van der Waals surface area contributed by atoms with Crippen LogP contribution in [0.25, 0.3) is 17.0 Å². The summed E-state index contributed by atoms with van der Waals surface area (Å²) in [5.74, 6) is 0.498. The van der Waals surface area contributed by atoms with Gasteiger partial charge in [0.25, 0.3) is 11.7 Å². The molecule has 4 rings (SSSR count). The highest BCUT2D eigenvalue weighted by Crippen LogP contribution is 2.16. The molecular weight excluding hydrogens is 338 g/mol. The number of pyridine rings is 2. The number of nitrogens with one attached hydrogen (secondary N) is 2. The van der Waals surface area contributed by atoms with Crippen LogP contribution in [0, 0.1) is 0 Å². The van der Waals surface area contributed by atoms with Crippen molar-refractivity contribution in [1.29, 1.82) is 0 Å². The van der Waals surface area contributed by atoms with Crippen LogP contribution in [0.5, 0.6) is 0 Å². The van der Waals surface area contributed by atoms with Crippen LogP contribution in [0.1, 0.15) is 10.4 Å². The largest absolute Gasteiger partial charge is 0.351 e. The molecule has 4 aromatic rings. The molecule has 0 fully saturated rings. The standard InChI is InChI=1S/C18H12ClN5O/c19-15-10-13(6-8-20-15)18(25)21-14-7-9-24-16(11-14)22-17(23-24)12-4-2-1-3-5-12/h1-11H,(H,21,22,23,25)/p+1. The summed E-state index contributed by atoms with van der Waals surface area (Å²) < 4.78 is 1.79. The van der Waals surface area contributed by atoms with Crippen molar-refractivity contribution in [3.63, 3.8) is 0 Å². The molecule has 0 aliphatic rings. The number of amides is 1. The lowest BCUT2D eigenvalue weighted by Crippen LogP contribution is -2.23. The van der Waals surface area contributed by atoms with E-state index in [1.807, 2.05) is 36.5 Å².